The fourth-order valence-electron chi connectivity index (χ4n) is 4.61. The Morgan fingerprint density at radius 3 is 2.26 bits per heavy atom. The van der Waals surface area contributed by atoms with E-state index >= 15 is 0 Å². The highest BCUT2D eigenvalue weighted by molar-refractivity contribution is 5.85. The number of hydrogen-bond donors (Lipinski definition) is 2. The summed E-state index contributed by atoms with van der Waals surface area (Å²) in [5.74, 6) is -1.29. The zero-order valence-electron chi connectivity index (χ0n) is 16.9. The van der Waals surface area contributed by atoms with E-state index in [0.29, 0.717) is 0 Å². The highest BCUT2D eigenvalue weighted by Crippen LogP contribution is 2.45. The molecular weight excluding hydrogens is 394 g/mol. The van der Waals surface area contributed by atoms with Crippen molar-refractivity contribution >= 4 is 12.1 Å². The summed E-state index contributed by atoms with van der Waals surface area (Å²) in [6.45, 7) is 0.201. The van der Waals surface area contributed by atoms with Crippen molar-refractivity contribution in [3.05, 3.63) is 78.1 Å². The monoisotopic (exact) mass is 417 g/mol. The van der Waals surface area contributed by atoms with Crippen LogP contribution in [0.3, 0.4) is 0 Å². The number of fused-ring (bicyclic) bond motifs is 3. The van der Waals surface area contributed by atoms with Crippen molar-refractivity contribution < 1.29 is 19.4 Å². The number of aromatic nitrogens is 2. The number of carboxylic acid groups (broad SMARTS) is 1. The van der Waals surface area contributed by atoms with E-state index in [2.05, 4.69) is 22.5 Å². The Labute approximate surface area is 179 Å². The molecule has 158 valence electrons. The lowest BCUT2D eigenvalue weighted by atomic mass is 9.93. The fraction of sp³-hybridized carbons (Fsp3) is 0.292. The number of aliphatic carboxylic acids is 1. The van der Waals surface area contributed by atoms with Crippen LogP contribution in [0.4, 0.5) is 4.79 Å². The molecule has 0 saturated heterocycles. The maximum absolute atomic E-state index is 12.8. The van der Waals surface area contributed by atoms with E-state index in [0.717, 1.165) is 35.1 Å². The van der Waals surface area contributed by atoms with Gasteiger partial charge < -0.3 is 15.2 Å². The lowest BCUT2D eigenvalue weighted by molar-refractivity contribution is -0.146. The number of hydrogen-bond acceptors (Lipinski definition) is 4. The molecule has 7 heteroatoms. The number of carbonyl (C=O) groups is 2. The molecule has 7 nitrogen and oxygen atoms in total. The van der Waals surface area contributed by atoms with E-state index in [-0.39, 0.29) is 25.0 Å². The molecule has 31 heavy (non-hydrogen) atoms. The maximum atomic E-state index is 12.8. The first-order chi connectivity index (χ1) is 15.1. The molecule has 1 saturated carbocycles. The van der Waals surface area contributed by atoms with Crippen LogP contribution in [0.15, 0.2) is 67.0 Å². The van der Waals surface area contributed by atoms with Gasteiger partial charge in [0.2, 0.25) is 0 Å². The summed E-state index contributed by atoms with van der Waals surface area (Å²) in [5.41, 5.74) is 3.07. The van der Waals surface area contributed by atoms with Gasteiger partial charge in [-0.05, 0) is 47.1 Å². The minimum atomic E-state index is -1.44. The number of rotatable bonds is 7. The predicted molar refractivity (Wildman–Crippen MR) is 114 cm³/mol. The average Bonchev–Trinajstić information content (AvgIpc) is 3.42. The van der Waals surface area contributed by atoms with Gasteiger partial charge in [0, 0.05) is 18.3 Å². The lowest BCUT2D eigenvalue weighted by Crippen LogP contribution is -2.59. The first-order valence-corrected chi connectivity index (χ1v) is 10.4. The van der Waals surface area contributed by atoms with Crippen molar-refractivity contribution in [2.45, 2.75) is 30.8 Å². The van der Waals surface area contributed by atoms with Crippen LogP contribution in [-0.2, 0) is 16.1 Å². The third-order valence-corrected chi connectivity index (χ3v) is 6.30. The van der Waals surface area contributed by atoms with Crippen molar-refractivity contribution in [3.8, 4) is 11.1 Å². The van der Waals surface area contributed by atoms with Gasteiger partial charge in [0.05, 0.1) is 6.54 Å². The molecule has 2 aliphatic rings. The third kappa shape index (κ3) is 3.46. The summed E-state index contributed by atoms with van der Waals surface area (Å²) in [7, 11) is 0. The first kappa shape index (κ1) is 19.4. The zero-order valence-corrected chi connectivity index (χ0v) is 16.9. The summed E-state index contributed by atoms with van der Waals surface area (Å²) in [4.78, 5) is 25.0. The van der Waals surface area contributed by atoms with E-state index in [1.165, 1.54) is 4.68 Å². The third-order valence-electron chi connectivity index (χ3n) is 6.30. The minimum Gasteiger partial charge on any atom is -0.479 e. The van der Waals surface area contributed by atoms with Crippen molar-refractivity contribution in [1.82, 2.24) is 15.1 Å². The van der Waals surface area contributed by atoms with E-state index < -0.39 is 17.6 Å². The number of amides is 1. The quantitative estimate of drug-likeness (QED) is 0.612. The van der Waals surface area contributed by atoms with Gasteiger partial charge in [-0.25, -0.2) is 9.59 Å². The number of nitrogens with zero attached hydrogens (tertiary/aromatic N) is 2. The molecule has 1 atom stereocenters. The summed E-state index contributed by atoms with van der Waals surface area (Å²) < 4.78 is 7.14. The maximum Gasteiger partial charge on any atom is 0.408 e. The second kappa shape index (κ2) is 7.58. The van der Waals surface area contributed by atoms with Crippen LogP contribution >= 0.6 is 0 Å². The van der Waals surface area contributed by atoms with Gasteiger partial charge in [-0.3, -0.25) is 4.68 Å². The predicted octanol–water partition coefficient (Wildman–Crippen LogP) is 3.66. The Morgan fingerprint density at radius 2 is 1.71 bits per heavy atom. The smallest absolute Gasteiger partial charge is 0.408 e. The van der Waals surface area contributed by atoms with Gasteiger partial charge >= 0.3 is 12.1 Å². The Morgan fingerprint density at radius 1 is 1.06 bits per heavy atom. The van der Waals surface area contributed by atoms with Gasteiger partial charge in [0.15, 0.2) is 5.54 Å². The number of alkyl carbamates (subject to hydrolysis) is 1. The molecule has 1 heterocycles. The Kier molecular flexibility index (Phi) is 4.73. The van der Waals surface area contributed by atoms with Gasteiger partial charge in [-0.1, -0.05) is 48.5 Å². The minimum absolute atomic E-state index is 0.0597. The second-order valence-corrected chi connectivity index (χ2v) is 8.20. The molecule has 0 spiro atoms. The van der Waals surface area contributed by atoms with Gasteiger partial charge in [0.25, 0.3) is 0 Å². The van der Waals surface area contributed by atoms with Crippen LogP contribution < -0.4 is 5.32 Å². The molecule has 1 fully saturated rings. The SMILES string of the molecule is O=C(NC(Cn1cccn1)(C(=O)O)C1CC1)OCC1c2ccccc2-c2ccccc21. The molecule has 0 aliphatic heterocycles. The zero-order chi connectivity index (χ0) is 21.4. The van der Waals surface area contributed by atoms with E-state index in [9.17, 15) is 14.7 Å². The number of ether oxygens (including phenoxy) is 1. The molecule has 2 aromatic carbocycles. The van der Waals surface area contributed by atoms with E-state index in [4.69, 9.17) is 4.74 Å². The molecule has 2 N–H and O–H groups in total. The number of carbonyl (C=O) groups excluding carboxylic acids is 1. The van der Waals surface area contributed by atoms with Crippen LogP contribution in [0.2, 0.25) is 0 Å². The molecule has 2 aliphatic carbocycles. The normalized spacial score (nSPS) is 16.8. The molecule has 5 rings (SSSR count). The summed E-state index contributed by atoms with van der Waals surface area (Å²) in [6, 6.07) is 17.9. The largest absolute Gasteiger partial charge is 0.479 e. The summed E-state index contributed by atoms with van der Waals surface area (Å²) in [6.07, 6.45) is 4.06. The van der Waals surface area contributed by atoms with Gasteiger partial charge in [-0.15, -0.1) is 0 Å². The second-order valence-electron chi connectivity index (χ2n) is 8.20. The van der Waals surface area contributed by atoms with E-state index in [1.807, 2.05) is 36.4 Å². The summed E-state index contributed by atoms with van der Waals surface area (Å²) >= 11 is 0. The van der Waals surface area contributed by atoms with E-state index in [1.54, 1.807) is 18.5 Å². The molecule has 0 bridgehead atoms. The van der Waals surface area contributed by atoms with Gasteiger partial charge in [0.1, 0.15) is 6.61 Å². The van der Waals surface area contributed by atoms with Crippen molar-refractivity contribution in [1.29, 1.82) is 0 Å². The topological polar surface area (TPSA) is 93.5 Å². The Hall–Kier alpha value is -3.61. The van der Waals surface area contributed by atoms with Crippen LogP contribution in [-0.4, -0.2) is 39.1 Å². The van der Waals surface area contributed by atoms with Gasteiger partial charge in [-0.2, -0.15) is 5.10 Å². The van der Waals surface area contributed by atoms with Crippen molar-refractivity contribution in [2.24, 2.45) is 5.92 Å². The highest BCUT2D eigenvalue weighted by Gasteiger charge is 2.53. The number of carboxylic acids is 1. The van der Waals surface area contributed by atoms with Crippen molar-refractivity contribution in [3.63, 3.8) is 0 Å². The number of benzene rings is 2. The standard InChI is InChI=1S/C24H23N3O4/c28-22(29)24(16-10-11-16,15-27-13-5-12-25-27)26-23(30)31-14-21-19-8-3-1-6-17(19)18-7-2-4-9-20(18)21/h1-9,12-13,16,21H,10-11,14-15H2,(H,26,30)(H,28,29). The molecular formula is C24H23N3O4. The van der Waals surface area contributed by atoms with Crippen LogP contribution in [0, 0.1) is 5.92 Å². The Balaban J connectivity index is 1.34. The summed E-state index contributed by atoms with van der Waals surface area (Å²) in [5, 5.41) is 16.8. The molecule has 1 amide bonds. The van der Waals surface area contributed by atoms with Crippen LogP contribution in [0.25, 0.3) is 11.1 Å². The average molecular weight is 417 g/mol. The fourth-order valence-corrected chi connectivity index (χ4v) is 4.61. The number of nitrogens with one attached hydrogen (secondary N) is 1. The molecule has 0 radical (unpaired) electrons. The van der Waals surface area contributed by atoms with Crippen LogP contribution in [0.1, 0.15) is 29.9 Å². The first-order valence-electron chi connectivity index (χ1n) is 10.4. The van der Waals surface area contributed by atoms with Crippen molar-refractivity contribution in [2.75, 3.05) is 6.61 Å². The Bertz CT molecular complexity index is 1080. The van der Waals surface area contributed by atoms with Crippen LogP contribution in [0.5, 0.6) is 0 Å². The highest BCUT2D eigenvalue weighted by atomic mass is 16.5. The molecule has 1 aromatic heterocycles. The molecule has 3 aromatic rings. The lowest BCUT2D eigenvalue weighted by Gasteiger charge is -2.30. The molecule has 1 unspecified atom stereocenters.